The molecule has 1 amide bonds. The Labute approximate surface area is 111 Å². The van der Waals surface area contributed by atoms with E-state index in [9.17, 15) is 4.79 Å². The van der Waals surface area contributed by atoms with Crippen molar-refractivity contribution in [1.82, 2.24) is 9.97 Å². The zero-order valence-electron chi connectivity index (χ0n) is 10.4. The number of amides is 1. The zero-order valence-corrected chi connectivity index (χ0v) is 10.4. The fourth-order valence-electron chi connectivity index (χ4n) is 2.37. The van der Waals surface area contributed by atoms with Crippen LogP contribution in [-0.4, -0.2) is 22.4 Å². The van der Waals surface area contributed by atoms with Crippen LogP contribution >= 0.6 is 0 Å². The van der Waals surface area contributed by atoms with Gasteiger partial charge in [-0.3, -0.25) is 4.79 Å². The molecule has 0 radical (unpaired) electrons. The summed E-state index contributed by atoms with van der Waals surface area (Å²) in [5.41, 5.74) is 9.05. The molecule has 5 heteroatoms. The number of nitrogens with two attached hydrogens (primary N) is 1. The van der Waals surface area contributed by atoms with Gasteiger partial charge in [0.1, 0.15) is 6.33 Å². The highest BCUT2D eigenvalue weighted by molar-refractivity contribution is 6.06. The van der Waals surface area contributed by atoms with Crippen molar-refractivity contribution < 1.29 is 4.79 Å². The number of nitrogen functional groups attached to an aromatic ring is 1. The maximum Gasteiger partial charge on any atom is 0.261 e. The molecule has 2 aromatic rings. The van der Waals surface area contributed by atoms with E-state index < -0.39 is 0 Å². The summed E-state index contributed by atoms with van der Waals surface area (Å²) in [6, 6.07) is 5.72. The Hall–Kier alpha value is -2.43. The van der Waals surface area contributed by atoms with Crippen LogP contribution in [0, 0.1) is 0 Å². The normalized spacial score (nSPS) is 14.0. The second-order valence-corrected chi connectivity index (χ2v) is 4.58. The summed E-state index contributed by atoms with van der Waals surface area (Å²) < 4.78 is 0. The Balaban J connectivity index is 2.00. The summed E-state index contributed by atoms with van der Waals surface area (Å²) in [4.78, 5) is 22.0. The monoisotopic (exact) mass is 254 g/mol. The Morgan fingerprint density at radius 3 is 2.84 bits per heavy atom. The maximum atomic E-state index is 12.5. The van der Waals surface area contributed by atoms with Gasteiger partial charge in [-0.15, -0.1) is 0 Å². The predicted molar refractivity (Wildman–Crippen MR) is 72.9 cm³/mol. The molecule has 5 nitrogen and oxygen atoms in total. The number of aryl methyl sites for hydroxylation is 1. The number of rotatable bonds is 1. The van der Waals surface area contributed by atoms with Gasteiger partial charge >= 0.3 is 0 Å². The van der Waals surface area contributed by atoms with Crippen LogP contribution in [0.1, 0.15) is 22.3 Å². The molecule has 0 spiro atoms. The number of carbonyl (C=O) groups is 1. The molecular weight excluding hydrogens is 240 g/mol. The van der Waals surface area contributed by atoms with Gasteiger partial charge in [-0.25, -0.2) is 9.97 Å². The number of benzene rings is 1. The lowest BCUT2D eigenvalue weighted by atomic mass is 10.0. The lowest BCUT2D eigenvalue weighted by Gasteiger charge is -2.29. The number of carbonyl (C=O) groups excluding carboxylic acids is 1. The number of hydrogen-bond donors (Lipinski definition) is 1. The molecule has 1 aliphatic rings. The average Bonchev–Trinajstić information content (AvgIpc) is 2.47. The number of hydrogen-bond acceptors (Lipinski definition) is 4. The lowest BCUT2D eigenvalue weighted by Crippen LogP contribution is -2.35. The molecule has 0 aliphatic carbocycles. The topological polar surface area (TPSA) is 72.1 Å². The molecular formula is C14H14N4O. The van der Waals surface area contributed by atoms with Crippen LogP contribution in [0.5, 0.6) is 0 Å². The number of nitrogens with zero attached hydrogens (tertiary/aromatic N) is 3. The Morgan fingerprint density at radius 2 is 2.05 bits per heavy atom. The molecule has 1 aromatic heterocycles. The second-order valence-electron chi connectivity index (χ2n) is 4.58. The molecule has 96 valence electrons. The molecule has 0 bridgehead atoms. The van der Waals surface area contributed by atoms with E-state index >= 15 is 0 Å². The van der Waals surface area contributed by atoms with Crippen molar-refractivity contribution in [2.24, 2.45) is 0 Å². The zero-order chi connectivity index (χ0) is 13.2. The highest BCUT2D eigenvalue weighted by Gasteiger charge is 2.23. The Morgan fingerprint density at radius 1 is 1.26 bits per heavy atom. The predicted octanol–water partition coefficient (Wildman–Crippen LogP) is 1.65. The quantitative estimate of drug-likeness (QED) is 0.785. The van der Waals surface area contributed by atoms with Crippen molar-refractivity contribution in [3.8, 4) is 0 Å². The van der Waals surface area contributed by atoms with Gasteiger partial charge in [0, 0.05) is 30.3 Å². The van der Waals surface area contributed by atoms with E-state index in [-0.39, 0.29) is 5.91 Å². The standard InChI is InChI=1S/C14H14N4O/c15-12-4-3-10-2-1-5-18(13(10)6-12)14(19)11-7-16-9-17-8-11/h3-4,6-9H,1-2,5,15H2. The molecule has 3 rings (SSSR count). The summed E-state index contributed by atoms with van der Waals surface area (Å²) in [5, 5.41) is 0. The van der Waals surface area contributed by atoms with E-state index in [1.807, 2.05) is 18.2 Å². The minimum absolute atomic E-state index is 0.0767. The van der Waals surface area contributed by atoms with Crippen LogP contribution in [0.3, 0.4) is 0 Å². The van der Waals surface area contributed by atoms with E-state index in [4.69, 9.17) is 5.73 Å². The summed E-state index contributed by atoms with van der Waals surface area (Å²) >= 11 is 0. The van der Waals surface area contributed by atoms with Crippen molar-refractivity contribution in [2.45, 2.75) is 12.8 Å². The van der Waals surface area contributed by atoms with Gasteiger partial charge in [-0.1, -0.05) is 6.07 Å². The summed E-state index contributed by atoms with van der Waals surface area (Å²) in [6.07, 6.45) is 6.42. The third-order valence-electron chi connectivity index (χ3n) is 3.28. The molecule has 2 N–H and O–H groups in total. The van der Waals surface area contributed by atoms with Crippen LogP contribution in [-0.2, 0) is 6.42 Å². The smallest absolute Gasteiger partial charge is 0.261 e. The Bertz CT molecular complexity index is 612. The summed E-state index contributed by atoms with van der Waals surface area (Å²) in [7, 11) is 0. The van der Waals surface area contributed by atoms with Gasteiger partial charge in [0.25, 0.3) is 5.91 Å². The first-order valence-electron chi connectivity index (χ1n) is 6.21. The molecule has 1 aromatic carbocycles. The molecule has 0 unspecified atom stereocenters. The first kappa shape index (κ1) is 11.6. The average molecular weight is 254 g/mol. The van der Waals surface area contributed by atoms with E-state index in [2.05, 4.69) is 9.97 Å². The molecule has 19 heavy (non-hydrogen) atoms. The highest BCUT2D eigenvalue weighted by Crippen LogP contribution is 2.30. The van der Waals surface area contributed by atoms with Crippen LogP contribution in [0.2, 0.25) is 0 Å². The minimum atomic E-state index is -0.0767. The molecule has 0 fully saturated rings. The van der Waals surface area contributed by atoms with E-state index in [0.29, 0.717) is 17.8 Å². The van der Waals surface area contributed by atoms with Gasteiger partial charge in [-0.2, -0.15) is 0 Å². The van der Waals surface area contributed by atoms with Gasteiger partial charge in [-0.05, 0) is 30.5 Å². The van der Waals surface area contributed by atoms with Crippen LogP contribution in [0.25, 0.3) is 0 Å². The lowest BCUT2D eigenvalue weighted by molar-refractivity contribution is 0.0984. The van der Waals surface area contributed by atoms with Gasteiger partial charge in [0.2, 0.25) is 0 Å². The SMILES string of the molecule is Nc1ccc2c(c1)N(C(=O)c1cncnc1)CCC2. The minimum Gasteiger partial charge on any atom is -0.399 e. The van der Waals surface area contributed by atoms with Crippen LogP contribution in [0.15, 0.2) is 36.9 Å². The van der Waals surface area contributed by atoms with Gasteiger partial charge < -0.3 is 10.6 Å². The van der Waals surface area contributed by atoms with Crippen molar-refractivity contribution in [2.75, 3.05) is 17.2 Å². The fourth-order valence-corrected chi connectivity index (χ4v) is 2.37. The first-order chi connectivity index (χ1) is 9.25. The summed E-state index contributed by atoms with van der Waals surface area (Å²) in [5.74, 6) is -0.0767. The number of fused-ring (bicyclic) bond motifs is 1. The molecule has 0 saturated heterocycles. The third-order valence-corrected chi connectivity index (χ3v) is 3.28. The third kappa shape index (κ3) is 2.14. The van der Waals surface area contributed by atoms with E-state index in [1.54, 1.807) is 4.90 Å². The van der Waals surface area contributed by atoms with E-state index in [0.717, 1.165) is 24.1 Å². The van der Waals surface area contributed by atoms with Gasteiger partial charge in [0.05, 0.1) is 5.56 Å². The van der Waals surface area contributed by atoms with Crippen molar-refractivity contribution in [3.05, 3.63) is 48.0 Å². The molecule has 1 aliphatic heterocycles. The van der Waals surface area contributed by atoms with Crippen LogP contribution in [0.4, 0.5) is 11.4 Å². The Kier molecular flexibility index (Phi) is 2.87. The molecule has 0 saturated carbocycles. The van der Waals surface area contributed by atoms with E-state index in [1.165, 1.54) is 18.7 Å². The fraction of sp³-hybridized carbons (Fsp3) is 0.214. The van der Waals surface area contributed by atoms with Crippen molar-refractivity contribution in [3.63, 3.8) is 0 Å². The summed E-state index contributed by atoms with van der Waals surface area (Å²) in [6.45, 7) is 0.699. The largest absolute Gasteiger partial charge is 0.399 e. The highest BCUT2D eigenvalue weighted by atomic mass is 16.2. The molecule has 2 heterocycles. The van der Waals surface area contributed by atoms with Crippen molar-refractivity contribution >= 4 is 17.3 Å². The molecule has 0 atom stereocenters. The van der Waals surface area contributed by atoms with Crippen LogP contribution < -0.4 is 10.6 Å². The second kappa shape index (κ2) is 4.68. The van der Waals surface area contributed by atoms with Gasteiger partial charge in [0.15, 0.2) is 0 Å². The number of aromatic nitrogens is 2. The maximum absolute atomic E-state index is 12.5. The number of anilines is 2. The van der Waals surface area contributed by atoms with Crippen molar-refractivity contribution in [1.29, 1.82) is 0 Å². The first-order valence-corrected chi connectivity index (χ1v) is 6.21.